The van der Waals surface area contributed by atoms with Gasteiger partial charge in [-0.1, -0.05) is 6.42 Å². The van der Waals surface area contributed by atoms with Crippen molar-refractivity contribution in [2.45, 2.75) is 31.6 Å². The van der Waals surface area contributed by atoms with E-state index in [1.54, 1.807) is 10.6 Å². The average molecular weight is 320 g/mol. The van der Waals surface area contributed by atoms with Crippen molar-refractivity contribution in [3.8, 4) is 0 Å². The van der Waals surface area contributed by atoms with Crippen molar-refractivity contribution in [1.82, 2.24) is 10.6 Å². The van der Waals surface area contributed by atoms with Crippen molar-refractivity contribution < 1.29 is 35.9 Å². The molecule has 2 atom stereocenters. The molecule has 0 aromatic carbocycles. The number of hydrogen-bond acceptors (Lipinski definition) is 2. The minimum atomic E-state index is -4.58. The summed E-state index contributed by atoms with van der Waals surface area (Å²) in [7, 11) is 0. The smallest absolute Gasteiger partial charge is 0.347 e. The highest BCUT2D eigenvalue weighted by Gasteiger charge is 2.40. The summed E-state index contributed by atoms with van der Waals surface area (Å²) in [5.41, 5.74) is 0. The summed E-state index contributed by atoms with van der Waals surface area (Å²) in [6, 6.07) is 0. The fourth-order valence-corrected chi connectivity index (χ4v) is 2.22. The Balaban J connectivity index is 2.54. The van der Waals surface area contributed by atoms with Crippen LogP contribution in [0.25, 0.3) is 0 Å². The molecular formula is C11H14F6N2O2. The van der Waals surface area contributed by atoms with Gasteiger partial charge in [-0.2, -0.15) is 26.3 Å². The van der Waals surface area contributed by atoms with Gasteiger partial charge in [-0.3, -0.25) is 9.59 Å². The molecule has 4 nitrogen and oxygen atoms in total. The van der Waals surface area contributed by atoms with Crippen LogP contribution in [0.1, 0.15) is 19.3 Å². The van der Waals surface area contributed by atoms with Crippen LogP contribution in [0.3, 0.4) is 0 Å². The van der Waals surface area contributed by atoms with Crippen LogP contribution in [0.5, 0.6) is 0 Å². The Kier molecular flexibility index (Phi) is 5.46. The third-order valence-corrected chi connectivity index (χ3v) is 3.12. The van der Waals surface area contributed by atoms with E-state index in [0.717, 1.165) is 0 Å². The number of rotatable bonds is 4. The number of alkyl halides is 6. The predicted octanol–water partition coefficient (Wildman–Crippen LogP) is 1.76. The van der Waals surface area contributed by atoms with E-state index < -0.39 is 49.1 Å². The first-order valence-corrected chi connectivity index (χ1v) is 6.18. The lowest BCUT2D eigenvalue weighted by atomic mass is 9.94. The zero-order valence-corrected chi connectivity index (χ0v) is 10.8. The Labute approximate surface area is 116 Å². The van der Waals surface area contributed by atoms with Gasteiger partial charge in [0.25, 0.3) is 0 Å². The highest BCUT2D eigenvalue weighted by Crippen LogP contribution is 2.32. The van der Waals surface area contributed by atoms with E-state index in [-0.39, 0.29) is 12.8 Å². The summed E-state index contributed by atoms with van der Waals surface area (Å²) >= 11 is 0. The third kappa shape index (κ3) is 6.21. The highest BCUT2D eigenvalue weighted by molar-refractivity contribution is 5.88. The molecule has 10 heteroatoms. The molecule has 1 aliphatic rings. The normalized spacial score (nSPS) is 23.0. The van der Waals surface area contributed by atoms with E-state index in [9.17, 15) is 35.9 Å². The van der Waals surface area contributed by atoms with Crippen molar-refractivity contribution in [2.24, 2.45) is 11.8 Å². The van der Waals surface area contributed by atoms with Gasteiger partial charge in [0, 0.05) is 11.8 Å². The molecule has 0 aromatic rings. The van der Waals surface area contributed by atoms with Gasteiger partial charge in [0.05, 0.1) is 0 Å². The minimum absolute atomic E-state index is 0.174. The predicted molar refractivity (Wildman–Crippen MR) is 59.0 cm³/mol. The molecule has 1 fully saturated rings. The largest absolute Gasteiger partial charge is 0.405 e. The number of amides is 2. The van der Waals surface area contributed by atoms with Crippen LogP contribution < -0.4 is 10.6 Å². The van der Waals surface area contributed by atoms with Gasteiger partial charge >= 0.3 is 12.4 Å². The number of nitrogens with one attached hydrogen (secondary N) is 2. The molecule has 0 spiro atoms. The highest BCUT2D eigenvalue weighted by atomic mass is 19.4. The maximum atomic E-state index is 12.0. The second-order valence-corrected chi connectivity index (χ2v) is 4.81. The number of hydrogen-bond donors (Lipinski definition) is 2. The Bertz CT molecular complexity index is 357. The summed E-state index contributed by atoms with van der Waals surface area (Å²) < 4.78 is 71.9. The van der Waals surface area contributed by atoms with Gasteiger partial charge in [0.15, 0.2) is 0 Å². The third-order valence-electron chi connectivity index (χ3n) is 3.12. The second kappa shape index (κ2) is 6.52. The maximum absolute atomic E-state index is 12.0. The Morgan fingerprint density at radius 2 is 1.14 bits per heavy atom. The minimum Gasteiger partial charge on any atom is -0.347 e. The zero-order valence-electron chi connectivity index (χ0n) is 10.8. The lowest BCUT2D eigenvalue weighted by Gasteiger charge is -2.19. The molecule has 2 amide bonds. The molecule has 2 N–H and O–H groups in total. The number of carbonyl (C=O) groups is 2. The van der Waals surface area contributed by atoms with Crippen LogP contribution in [0, 0.1) is 11.8 Å². The van der Waals surface area contributed by atoms with Crippen LogP contribution in [0.15, 0.2) is 0 Å². The molecule has 1 rings (SSSR count). The van der Waals surface area contributed by atoms with E-state index in [0.29, 0.717) is 6.42 Å². The van der Waals surface area contributed by atoms with Gasteiger partial charge in [0.1, 0.15) is 13.1 Å². The van der Waals surface area contributed by atoms with E-state index in [4.69, 9.17) is 0 Å². The van der Waals surface area contributed by atoms with Crippen LogP contribution >= 0.6 is 0 Å². The first-order chi connectivity index (χ1) is 9.49. The number of halogens is 6. The van der Waals surface area contributed by atoms with E-state index in [1.807, 2.05) is 0 Å². The molecule has 0 aromatic heterocycles. The van der Waals surface area contributed by atoms with Gasteiger partial charge in [0.2, 0.25) is 11.8 Å². The van der Waals surface area contributed by atoms with Crippen molar-refractivity contribution in [2.75, 3.05) is 13.1 Å². The van der Waals surface area contributed by atoms with Crippen LogP contribution in [-0.4, -0.2) is 37.3 Å². The molecule has 0 heterocycles. The summed E-state index contributed by atoms with van der Waals surface area (Å²) in [5, 5.41) is 3.31. The molecular weight excluding hydrogens is 306 g/mol. The first-order valence-electron chi connectivity index (χ1n) is 6.18. The molecule has 0 saturated heterocycles. The maximum Gasteiger partial charge on any atom is 0.405 e. The van der Waals surface area contributed by atoms with Crippen LogP contribution in [0.4, 0.5) is 26.3 Å². The zero-order chi connectivity index (χ0) is 16.3. The van der Waals surface area contributed by atoms with Crippen molar-refractivity contribution in [1.29, 1.82) is 0 Å². The summed E-state index contributed by atoms with van der Waals surface area (Å²) in [6.07, 6.45) is -8.42. The van der Waals surface area contributed by atoms with Crippen molar-refractivity contribution in [3.63, 3.8) is 0 Å². The lowest BCUT2D eigenvalue weighted by Crippen LogP contribution is -2.44. The van der Waals surface area contributed by atoms with Crippen LogP contribution in [0.2, 0.25) is 0 Å². The fraction of sp³-hybridized carbons (Fsp3) is 0.818. The molecule has 0 radical (unpaired) electrons. The van der Waals surface area contributed by atoms with E-state index in [2.05, 4.69) is 0 Å². The van der Waals surface area contributed by atoms with Crippen LogP contribution in [-0.2, 0) is 9.59 Å². The Hall–Kier alpha value is -1.48. The molecule has 0 unspecified atom stereocenters. The lowest BCUT2D eigenvalue weighted by molar-refractivity contribution is -0.146. The Morgan fingerprint density at radius 3 is 1.43 bits per heavy atom. The van der Waals surface area contributed by atoms with Crippen molar-refractivity contribution in [3.05, 3.63) is 0 Å². The topological polar surface area (TPSA) is 58.2 Å². The van der Waals surface area contributed by atoms with Gasteiger partial charge in [-0.25, -0.2) is 0 Å². The van der Waals surface area contributed by atoms with Gasteiger partial charge in [-0.05, 0) is 12.8 Å². The fourth-order valence-electron chi connectivity index (χ4n) is 2.22. The molecule has 0 bridgehead atoms. The average Bonchev–Trinajstić information content (AvgIpc) is 2.80. The number of carbonyl (C=O) groups excluding carboxylic acids is 2. The molecule has 0 aliphatic heterocycles. The van der Waals surface area contributed by atoms with Gasteiger partial charge < -0.3 is 10.6 Å². The Morgan fingerprint density at radius 1 is 0.810 bits per heavy atom. The molecule has 1 aliphatic carbocycles. The SMILES string of the molecule is O=C(NCC(F)(F)F)[C@@H]1CCC[C@H]1C(=O)NCC(F)(F)F. The van der Waals surface area contributed by atoms with Crippen molar-refractivity contribution >= 4 is 11.8 Å². The summed E-state index contributed by atoms with van der Waals surface area (Å²) in [5.74, 6) is -3.98. The quantitative estimate of drug-likeness (QED) is 0.776. The van der Waals surface area contributed by atoms with Gasteiger partial charge in [-0.15, -0.1) is 0 Å². The second-order valence-electron chi connectivity index (χ2n) is 4.81. The summed E-state index contributed by atoms with van der Waals surface area (Å²) in [6.45, 7) is -3.06. The first kappa shape index (κ1) is 17.6. The molecule has 1 saturated carbocycles. The summed E-state index contributed by atoms with van der Waals surface area (Å²) in [4.78, 5) is 23.2. The molecule has 122 valence electrons. The molecule has 21 heavy (non-hydrogen) atoms. The van der Waals surface area contributed by atoms with E-state index >= 15 is 0 Å². The van der Waals surface area contributed by atoms with E-state index in [1.165, 1.54) is 0 Å². The standard InChI is InChI=1S/C11H14F6N2O2/c12-10(13,14)4-18-8(20)6-2-1-3-7(6)9(21)19-5-11(15,16)17/h6-7H,1-5H2,(H,18,20)(H,19,21)/t6-,7-/m1/s1. The monoisotopic (exact) mass is 320 g/mol.